The number of halogens is 3. The quantitative estimate of drug-likeness (QED) is 0.918. The molecule has 0 aromatic carbocycles. The Kier molecular flexibility index (Phi) is 4.07. The summed E-state index contributed by atoms with van der Waals surface area (Å²) in [7, 11) is 0. The minimum Gasteiger partial charge on any atom is -0.480 e. The fourth-order valence-electron chi connectivity index (χ4n) is 1.67. The van der Waals surface area contributed by atoms with E-state index < -0.39 is 23.2 Å². The van der Waals surface area contributed by atoms with Gasteiger partial charge in [-0.2, -0.15) is 13.2 Å². The van der Waals surface area contributed by atoms with Crippen molar-refractivity contribution in [2.24, 2.45) is 0 Å². The number of hydrogen-bond acceptors (Lipinski definition) is 3. The number of carboxylic acids is 1. The second kappa shape index (κ2) is 5.07. The number of rotatable bonds is 4. The summed E-state index contributed by atoms with van der Waals surface area (Å²) in [5.41, 5.74) is -2.11. The van der Waals surface area contributed by atoms with Gasteiger partial charge in [0.05, 0.1) is 5.56 Å². The maximum atomic E-state index is 12.4. The molecule has 0 aliphatic rings. The molecule has 0 aliphatic heterocycles. The first-order valence-corrected chi connectivity index (χ1v) is 5.65. The van der Waals surface area contributed by atoms with Gasteiger partial charge in [-0.05, 0) is 32.9 Å². The van der Waals surface area contributed by atoms with Crippen LogP contribution in [0.5, 0.6) is 0 Å². The smallest absolute Gasteiger partial charge is 0.417 e. The van der Waals surface area contributed by atoms with Gasteiger partial charge in [0.25, 0.3) is 0 Å². The molecule has 1 aromatic heterocycles. The Bertz CT molecular complexity index is 455. The van der Waals surface area contributed by atoms with E-state index in [2.05, 4.69) is 4.98 Å². The first kappa shape index (κ1) is 15.3. The van der Waals surface area contributed by atoms with Crippen LogP contribution in [0.25, 0.3) is 0 Å². The van der Waals surface area contributed by atoms with E-state index >= 15 is 0 Å². The van der Waals surface area contributed by atoms with E-state index in [1.54, 1.807) is 6.92 Å². The van der Waals surface area contributed by atoms with Gasteiger partial charge < -0.3 is 10.0 Å². The zero-order valence-corrected chi connectivity index (χ0v) is 10.8. The number of aliphatic carboxylic acids is 1. The number of pyridine rings is 1. The molecule has 0 bridgehead atoms. The van der Waals surface area contributed by atoms with E-state index in [0.717, 1.165) is 6.07 Å². The number of anilines is 1. The van der Waals surface area contributed by atoms with Gasteiger partial charge in [0.1, 0.15) is 11.4 Å². The molecule has 19 heavy (non-hydrogen) atoms. The summed E-state index contributed by atoms with van der Waals surface area (Å²) in [6.07, 6.45) is -3.75. The number of carbonyl (C=O) groups is 1. The van der Waals surface area contributed by atoms with Gasteiger partial charge in [0.15, 0.2) is 0 Å². The number of nitrogens with zero attached hydrogens (tertiary/aromatic N) is 2. The van der Waals surface area contributed by atoms with Gasteiger partial charge in [-0.25, -0.2) is 9.78 Å². The molecular formula is C12H15F3N2O2. The zero-order chi connectivity index (χ0) is 14.8. The van der Waals surface area contributed by atoms with Gasteiger partial charge in [-0.3, -0.25) is 0 Å². The Labute approximate surface area is 108 Å². The van der Waals surface area contributed by atoms with Gasteiger partial charge in [0.2, 0.25) is 0 Å². The third-order valence-corrected chi connectivity index (χ3v) is 2.87. The van der Waals surface area contributed by atoms with Crippen molar-refractivity contribution in [3.63, 3.8) is 0 Å². The molecule has 106 valence electrons. The van der Waals surface area contributed by atoms with Gasteiger partial charge >= 0.3 is 12.1 Å². The van der Waals surface area contributed by atoms with Crippen LogP contribution in [0.3, 0.4) is 0 Å². The molecule has 0 saturated heterocycles. The highest BCUT2D eigenvalue weighted by atomic mass is 19.4. The number of aromatic nitrogens is 1. The van der Waals surface area contributed by atoms with Crippen LogP contribution in [0.2, 0.25) is 0 Å². The van der Waals surface area contributed by atoms with E-state index in [4.69, 9.17) is 5.11 Å². The summed E-state index contributed by atoms with van der Waals surface area (Å²) < 4.78 is 37.3. The fourth-order valence-corrected chi connectivity index (χ4v) is 1.67. The predicted octanol–water partition coefficient (Wildman–Crippen LogP) is 2.79. The number of likely N-dealkylation sites (N-methyl/N-ethyl adjacent to an activating group) is 1. The minimum atomic E-state index is -4.45. The first-order valence-electron chi connectivity index (χ1n) is 5.65. The van der Waals surface area contributed by atoms with E-state index in [1.807, 2.05) is 0 Å². The van der Waals surface area contributed by atoms with Crippen molar-refractivity contribution in [2.45, 2.75) is 32.5 Å². The molecule has 1 N–H and O–H groups in total. The summed E-state index contributed by atoms with van der Waals surface area (Å²) in [5, 5.41) is 9.14. The van der Waals surface area contributed by atoms with E-state index in [0.29, 0.717) is 12.7 Å². The summed E-state index contributed by atoms with van der Waals surface area (Å²) in [4.78, 5) is 16.3. The highest BCUT2D eigenvalue weighted by Gasteiger charge is 2.35. The molecule has 0 aliphatic carbocycles. The monoisotopic (exact) mass is 276 g/mol. The third kappa shape index (κ3) is 3.15. The van der Waals surface area contributed by atoms with Gasteiger partial charge in [-0.15, -0.1) is 0 Å². The largest absolute Gasteiger partial charge is 0.480 e. The lowest BCUT2D eigenvalue weighted by Crippen LogP contribution is -2.50. The third-order valence-electron chi connectivity index (χ3n) is 2.87. The summed E-state index contributed by atoms with van der Waals surface area (Å²) in [6, 6.07) is 2.07. The van der Waals surface area contributed by atoms with E-state index in [-0.39, 0.29) is 5.82 Å². The van der Waals surface area contributed by atoms with Gasteiger partial charge in [0, 0.05) is 12.7 Å². The lowest BCUT2D eigenvalue weighted by atomic mass is 10.0. The molecule has 1 aromatic rings. The highest BCUT2D eigenvalue weighted by Crippen LogP contribution is 2.30. The van der Waals surface area contributed by atoms with Crippen LogP contribution in [-0.4, -0.2) is 28.1 Å². The van der Waals surface area contributed by atoms with Crippen molar-refractivity contribution in [3.05, 3.63) is 23.9 Å². The molecule has 0 amide bonds. The maximum Gasteiger partial charge on any atom is 0.417 e. The Morgan fingerprint density at radius 2 is 1.95 bits per heavy atom. The van der Waals surface area contributed by atoms with Crippen LogP contribution in [-0.2, 0) is 11.0 Å². The van der Waals surface area contributed by atoms with Crippen LogP contribution in [0.4, 0.5) is 19.0 Å². The predicted molar refractivity (Wildman–Crippen MR) is 64.0 cm³/mol. The zero-order valence-electron chi connectivity index (χ0n) is 10.8. The summed E-state index contributed by atoms with van der Waals surface area (Å²) >= 11 is 0. The van der Waals surface area contributed by atoms with Crippen molar-refractivity contribution in [1.29, 1.82) is 0 Å². The normalized spacial score (nSPS) is 12.3. The lowest BCUT2D eigenvalue weighted by molar-refractivity contribution is -0.142. The molecule has 0 saturated carbocycles. The molecule has 7 heteroatoms. The van der Waals surface area contributed by atoms with Crippen molar-refractivity contribution < 1.29 is 23.1 Å². The molecule has 1 heterocycles. The SMILES string of the molecule is CCN(c1ccc(C(F)(F)F)cn1)C(C)(C)C(=O)O. The van der Waals surface area contributed by atoms with Crippen molar-refractivity contribution in [1.82, 2.24) is 4.98 Å². The average Bonchev–Trinajstić information content (AvgIpc) is 2.28. The second-order valence-corrected chi connectivity index (χ2v) is 4.51. The Hall–Kier alpha value is -1.79. The van der Waals surface area contributed by atoms with Crippen LogP contribution in [0.1, 0.15) is 26.3 Å². The number of carboxylic acid groups (broad SMARTS) is 1. The molecule has 0 radical (unpaired) electrons. The number of alkyl halides is 3. The topological polar surface area (TPSA) is 53.4 Å². The van der Waals surface area contributed by atoms with E-state index in [9.17, 15) is 18.0 Å². The van der Waals surface area contributed by atoms with Crippen LogP contribution >= 0.6 is 0 Å². The minimum absolute atomic E-state index is 0.197. The standard InChI is InChI=1S/C12H15F3N2O2/c1-4-17(11(2,3)10(18)19)9-6-5-8(7-16-9)12(13,14)15/h5-7H,4H2,1-3H3,(H,18,19). The van der Waals surface area contributed by atoms with Crippen molar-refractivity contribution in [3.8, 4) is 0 Å². The highest BCUT2D eigenvalue weighted by molar-refractivity contribution is 5.82. The Morgan fingerprint density at radius 3 is 2.26 bits per heavy atom. The fraction of sp³-hybridized carbons (Fsp3) is 0.500. The molecule has 0 unspecified atom stereocenters. The lowest BCUT2D eigenvalue weighted by Gasteiger charge is -2.35. The number of hydrogen-bond donors (Lipinski definition) is 1. The maximum absolute atomic E-state index is 12.4. The molecule has 0 atom stereocenters. The Morgan fingerprint density at radius 1 is 1.37 bits per heavy atom. The van der Waals surface area contributed by atoms with E-state index in [1.165, 1.54) is 24.8 Å². The van der Waals surface area contributed by atoms with Crippen molar-refractivity contribution in [2.75, 3.05) is 11.4 Å². The molecule has 1 rings (SSSR count). The summed E-state index contributed by atoms with van der Waals surface area (Å²) in [6.45, 7) is 4.97. The van der Waals surface area contributed by atoms with Crippen LogP contribution in [0, 0.1) is 0 Å². The summed E-state index contributed by atoms with van der Waals surface area (Å²) in [5.74, 6) is -0.876. The van der Waals surface area contributed by atoms with Crippen LogP contribution in [0.15, 0.2) is 18.3 Å². The molecular weight excluding hydrogens is 261 g/mol. The average molecular weight is 276 g/mol. The molecule has 0 spiro atoms. The molecule has 4 nitrogen and oxygen atoms in total. The first-order chi connectivity index (χ1) is 8.60. The Balaban J connectivity index is 3.11. The van der Waals surface area contributed by atoms with Gasteiger partial charge in [-0.1, -0.05) is 0 Å². The molecule has 0 fully saturated rings. The van der Waals surface area contributed by atoms with Crippen LogP contribution < -0.4 is 4.90 Å². The second-order valence-electron chi connectivity index (χ2n) is 4.51. The van der Waals surface area contributed by atoms with Crippen molar-refractivity contribution >= 4 is 11.8 Å².